The van der Waals surface area contributed by atoms with Crippen LogP contribution in [0.25, 0.3) is 0 Å². The average Bonchev–Trinajstić information content (AvgIpc) is 2.58. The first-order valence-electron chi connectivity index (χ1n) is 8.99. The highest BCUT2D eigenvalue weighted by Gasteiger charge is 2.60. The Kier molecular flexibility index (Phi) is 4.41. The summed E-state index contributed by atoms with van der Waals surface area (Å²) in [6.45, 7) is -0.621. The van der Waals surface area contributed by atoms with Crippen molar-refractivity contribution in [3.63, 3.8) is 0 Å². The van der Waals surface area contributed by atoms with Gasteiger partial charge < -0.3 is 10.1 Å². The molecule has 4 nitrogen and oxygen atoms in total. The van der Waals surface area contributed by atoms with Crippen LogP contribution in [0.3, 0.4) is 0 Å². The van der Waals surface area contributed by atoms with Crippen LogP contribution in [0.1, 0.15) is 38.5 Å². The molecule has 4 aliphatic rings. The van der Waals surface area contributed by atoms with Crippen LogP contribution in [-0.4, -0.2) is 23.4 Å². The van der Waals surface area contributed by atoms with Crippen molar-refractivity contribution in [2.24, 2.45) is 17.3 Å². The number of rotatable bonds is 4. The van der Waals surface area contributed by atoms with Gasteiger partial charge in [0.25, 0.3) is 5.91 Å². The van der Waals surface area contributed by atoms with Gasteiger partial charge in [-0.15, -0.1) is 11.6 Å². The fraction of sp³-hybridized carbons (Fsp3) is 0.579. The Bertz CT molecular complexity index is 802. The number of amides is 1. The van der Waals surface area contributed by atoms with E-state index in [1.807, 2.05) is 0 Å². The Balaban J connectivity index is 1.38. The lowest BCUT2D eigenvalue weighted by molar-refractivity contribution is -0.171. The van der Waals surface area contributed by atoms with Gasteiger partial charge in [0.2, 0.25) is 0 Å². The summed E-state index contributed by atoms with van der Waals surface area (Å²) < 4.78 is 45.0. The average molecular weight is 402 g/mol. The molecule has 0 radical (unpaired) electrons. The maximum atomic E-state index is 13.6. The van der Waals surface area contributed by atoms with E-state index in [-0.39, 0.29) is 4.87 Å². The summed E-state index contributed by atoms with van der Waals surface area (Å²) in [5.41, 5.74) is -1.16. The topological polar surface area (TPSA) is 55.4 Å². The molecule has 1 N–H and O–H groups in total. The fourth-order valence-corrected chi connectivity index (χ4v) is 6.17. The van der Waals surface area contributed by atoms with Crippen molar-refractivity contribution in [3.8, 4) is 0 Å². The predicted octanol–water partition coefficient (Wildman–Crippen LogP) is 4.16. The molecule has 4 bridgehead atoms. The first kappa shape index (κ1) is 18.6. The van der Waals surface area contributed by atoms with Crippen LogP contribution in [0, 0.1) is 34.7 Å². The van der Waals surface area contributed by atoms with Crippen molar-refractivity contribution in [1.29, 1.82) is 0 Å². The van der Waals surface area contributed by atoms with Gasteiger partial charge >= 0.3 is 5.97 Å². The molecular weight excluding hydrogens is 383 g/mol. The second-order valence-corrected chi connectivity index (χ2v) is 9.04. The van der Waals surface area contributed by atoms with Gasteiger partial charge in [0.05, 0.1) is 11.1 Å². The molecule has 146 valence electrons. The number of alkyl halides is 1. The van der Waals surface area contributed by atoms with Crippen molar-refractivity contribution in [3.05, 3.63) is 29.6 Å². The van der Waals surface area contributed by atoms with Gasteiger partial charge in [0.1, 0.15) is 0 Å². The third-order valence-corrected chi connectivity index (χ3v) is 6.51. The number of carbonyl (C=O) groups excluding carboxylic acids is 2. The molecule has 4 fully saturated rings. The van der Waals surface area contributed by atoms with Gasteiger partial charge in [0, 0.05) is 4.87 Å². The van der Waals surface area contributed by atoms with Gasteiger partial charge in [-0.3, -0.25) is 9.59 Å². The lowest BCUT2D eigenvalue weighted by atomic mass is 9.49. The Morgan fingerprint density at radius 3 is 2.41 bits per heavy atom. The fourth-order valence-electron chi connectivity index (χ4n) is 5.48. The Morgan fingerprint density at radius 2 is 1.78 bits per heavy atom. The van der Waals surface area contributed by atoms with Crippen molar-refractivity contribution in [1.82, 2.24) is 0 Å². The highest BCUT2D eigenvalue weighted by Crippen LogP contribution is 2.64. The highest BCUT2D eigenvalue weighted by atomic mass is 35.5. The summed E-state index contributed by atoms with van der Waals surface area (Å²) >= 11 is 6.68. The van der Waals surface area contributed by atoms with Gasteiger partial charge in [-0.2, -0.15) is 0 Å². The number of carbonyl (C=O) groups is 2. The van der Waals surface area contributed by atoms with E-state index in [2.05, 4.69) is 5.32 Å². The van der Waals surface area contributed by atoms with E-state index in [1.165, 1.54) is 0 Å². The Labute approximate surface area is 159 Å². The molecule has 2 unspecified atom stereocenters. The summed E-state index contributed by atoms with van der Waals surface area (Å²) in [4.78, 5) is 24.3. The quantitative estimate of drug-likeness (QED) is 0.468. The number of halogens is 4. The van der Waals surface area contributed by atoms with Gasteiger partial charge in [-0.05, 0) is 62.5 Å². The zero-order chi connectivity index (χ0) is 19.4. The molecule has 0 spiro atoms. The molecule has 1 aromatic rings. The van der Waals surface area contributed by atoms with E-state index in [0.29, 0.717) is 24.3 Å². The van der Waals surface area contributed by atoms with E-state index in [0.717, 1.165) is 38.2 Å². The number of anilines is 1. The molecule has 4 atom stereocenters. The molecule has 4 aliphatic carbocycles. The Morgan fingerprint density at radius 1 is 1.11 bits per heavy atom. The van der Waals surface area contributed by atoms with Crippen LogP contribution < -0.4 is 5.32 Å². The van der Waals surface area contributed by atoms with E-state index in [1.54, 1.807) is 0 Å². The van der Waals surface area contributed by atoms with Crippen molar-refractivity contribution < 1.29 is 27.5 Å². The zero-order valence-corrected chi connectivity index (χ0v) is 15.3. The standard InChI is InChI=1S/C19H19ClF3NO3/c20-19-6-10-3-11(7-19)5-18(4-10,9-19)17(26)27-8-14(25)24-13-2-1-12(21)15(22)16(13)23/h1-2,10-11H,3-9H2,(H,24,25)/t10-,11+,18?,19?. The lowest BCUT2D eigenvalue weighted by Gasteiger charge is -2.58. The summed E-state index contributed by atoms with van der Waals surface area (Å²) in [5.74, 6) is -5.00. The van der Waals surface area contributed by atoms with Crippen LogP contribution >= 0.6 is 11.6 Å². The molecule has 0 aliphatic heterocycles. The van der Waals surface area contributed by atoms with E-state index in [9.17, 15) is 22.8 Å². The molecule has 27 heavy (non-hydrogen) atoms. The summed E-state index contributed by atoms with van der Waals surface area (Å²) in [6.07, 6.45) is 4.89. The summed E-state index contributed by atoms with van der Waals surface area (Å²) in [5, 5.41) is 2.09. The third kappa shape index (κ3) is 3.30. The molecule has 0 aromatic heterocycles. The maximum absolute atomic E-state index is 13.6. The molecule has 0 heterocycles. The Hall–Kier alpha value is -1.76. The number of hydrogen-bond donors (Lipinski definition) is 1. The zero-order valence-electron chi connectivity index (χ0n) is 14.5. The SMILES string of the molecule is O=C(COC(=O)C12C[C@@H]3C[C@@H](CC(Cl)(C3)C1)C2)Nc1ccc(F)c(F)c1F. The number of nitrogens with one attached hydrogen (secondary N) is 1. The van der Waals surface area contributed by atoms with Crippen LogP contribution in [-0.2, 0) is 14.3 Å². The monoisotopic (exact) mass is 401 g/mol. The molecule has 8 heteroatoms. The third-order valence-electron chi connectivity index (χ3n) is 6.07. The molecule has 0 saturated heterocycles. The second kappa shape index (κ2) is 6.40. The van der Waals surface area contributed by atoms with Crippen LogP contribution in [0.2, 0.25) is 0 Å². The molecule has 4 saturated carbocycles. The number of hydrogen-bond acceptors (Lipinski definition) is 3. The van der Waals surface area contributed by atoms with Crippen LogP contribution in [0.15, 0.2) is 12.1 Å². The van der Waals surface area contributed by atoms with Crippen LogP contribution in [0.4, 0.5) is 18.9 Å². The van der Waals surface area contributed by atoms with Gasteiger partial charge in [0.15, 0.2) is 24.1 Å². The first-order chi connectivity index (χ1) is 12.7. The normalized spacial score (nSPS) is 33.8. The van der Waals surface area contributed by atoms with Gasteiger partial charge in [-0.25, -0.2) is 13.2 Å². The highest BCUT2D eigenvalue weighted by molar-refractivity contribution is 6.24. The molecule has 1 aromatic carbocycles. The van der Waals surface area contributed by atoms with Crippen molar-refractivity contribution >= 4 is 29.2 Å². The van der Waals surface area contributed by atoms with Crippen molar-refractivity contribution in [2.75, 3.05) is 11.9 Å². The predicted molar refractivity (Wildman–Crippen MR) is 91.6 cm³/mol. The lowest BCUT2D eigenvalue weighted by Crippen LogP contribution is -2.56. The molecular formula is C19H19ClF3NO3. The second-order valence-electron chi connectivity index (χ2n) is 8.24. The van der Waals surface area contributed by atoms with Gasteiger partial charge in [-0.1, -0.05) is 0 Å². The number of esters is 1. The number of benzene rings is 1. The molecule has 5 rings (SSSR count). The van der Waals surface area contributed by atoms with E-state index >= 15 is 0 Å². The number of ether oxygens (including phenoxy) is 1. The minimum absolute atomic E-state index is 0.361. The van der Waals surface area contributed by atoms with E-state index in [4.69, 9.17) is 16.3 Å². The largest absolute Gasteiger partial charge is 0.455 e. The molecule has 1 amide bonds. The smallest absolute Gasteiger partial charge is 0.312 e. The van der Waals surface area contributed by atoms with E-state index < -0.39 is 47.0 Å². The van der Waals surface area contributed by atoms with Crippen LogP contribution in [0.5, 0.6) is 0 Å². The summed E-state index contributed by atoms with van der Waals surface area (Å²) in [6, 6.07) is 1.61. The minimum Gasteiger partial charge on any atom is -0.455 e. The maximum Gasteiger partial charge on any atom is 0.312 e. The summed E-state index contributed by atoms with van der Waals surface area (Å²) in [7, 11) is 0. The minimum atomic E-state index is -1.68. The first-order valence-corrected chi connectivity index (χ1v) is 9.37. The van der Waals surface area contributed by atoms with Crippen molar-refractivity contribution in [2.45, 2.75) is 43.4 Å².